The van der Waals surface area contributed by atoms with Crippen molar-refractivity contribution in [2.45, 2.75) is 25.3 Å². The van der Waals surface area contributed by atoms with Crippen molar-refractivity contribution in [2.24, 2.45) is 0 Å². The maximum atomic E-state index is 12.2. The van der Waals surface area contributed by atoms with E-state index in [2.05, 4.69) is 5.32 Å². The van der Waals surface area contributed by atoms with Gasteiger partial charge in [-0.3, -0.25) is 4.79 Å². The summed E-state index contributed by atoms with van der Waals surface area (Å²) in [7, 11) is 0. The van der Waals surface area contributed by atoms with Crippen LogP contribution in [-0.2, 0) is 4.74 Å². The van der Waals surface area contributed by atoms with Gasteiger partial charge in [-0.05, 0) is 31.4 Å². The maximum absolute atomic E-state index is 12.2. The molecule has 1 fully saturated rings. The highest BCUT2D eigenvalue weighted by molar-refractivity contribution is 5.97. The Balaban J connectivity index is 2.17. The highest BCUT2D eigenvalue weighted by Gasteiger charge is 2.34. The lowest BCUT2D eigenvalue weighted by atomic mass is 9.90. The number of hydrogen-bond donors (Lipinski definition) is 3. The van der Waals surface area contributed by atoms with Gasteiger partial charge in [-0.1, -0.05) is 12.1 Å². The van der Waals surface area contributed by atoms with Gasteiger partial charge in [0.1, 0.15) is 5.75 Å². The highest BCUT2D eigenvalue weighted by Crippen LogP contribution is 2.24. The highest BCUT2D eigenvalue weighted by atomic mass is 16.5. The standard InChI is InChI=1S/C14H19NO4/c1-10-3-2-4-11(12(10)17)13(18)15-14(9-16)5-7-19-8-6-14/h2-4,16-17H,5-9H2,1H3,(H,15,18). The number of ether oxygens (including phenoxy) is 1. The Bertz CT molecular complexity index is 467. The Morgan fingerprint density at radius 3 is 2.74 bits per heavy atom. The summed E-state index contributed by atoms with van der Waals surface area (Å²) in [5.74, 6) is -0.378. The summed E-state index contributed by atoms with van der Waals surface area (Å²) in [5, 5.41) is 22.3. The molecule has 0 radical (unpaired) electrons. The molecule has 1 saturated heterocycles. The van der Waals surface area contributed by atoms with E-state index in [9.17, 15) is 15.0 Å². The third-order valence-electron chi connectivity index (χ3n) is 3.61. The van der Waals surface area contributed by atoms with Crippen molar-refractivity contribution >= 4 is 5.91 Å². The smallest absolute Gasteiger partial charge is 0.255 e. The van der Waals surface area contributed by atoms with Crippen LogP contribution in [0.25, 0.3) is 0 Å². The number of aryl methyl sites for hydroxylation is 1. The number of amides is 1. The van der Waals surface area contributed by atoms with E-state index in [4.69, 9.17) is 4.74 Å². The van der Waals surface area contributed by atoms with Gasteiger partial charge >= 0.3 is 0 Å². The molecule has 1 aliphatic rings. The Labute approximate surface area is 112 Å². The average molecular weight is 265 g/mol. The number of para-hydroxylation sites is 1. The number of hydrogen-bond acceptors (Lipinski definition) is 4. The largest absolute Gasteiger partial charge is 0.507 e. The first-order chi connectivity index (χ1) is 9.08. The van der Waals surface area contributed by atoms with E-state index >= 15 is 0 Å². The Kier molecular flexibility index (Phi) is 4.07. The van der Waals surface area contributed by atoms with Crippen LogP contribution in [0.15, 0.2) is 18.2 Å². The molecule has 0 saturated carbocycles. The second kappa shape index (κ2) is 5.59. The Morgan fingerprint density at radius 1 is 1.42 bits per heavy atom. The molecule has 2 rings (SSSR count). The topological polar surface area (TPSA) is 78.8 Å². The van der Waals surface area contributed by atoms with E-state index in [0.29, 0.717) is 31.6 Å². The summed E-state index contributed by atoms with van der Waals surface area (Å²) in [6.45, 7) is 2.64. The van der Waals surface area contributed by atoms with Gasteiger partial charge in [0.15, 0.2) is 0 Å². The first kappa shape index (κ1) is 13.8. The van der Waals surface area contributed by atoms with Crippen molar-refractivity contribution in [3.05, 3.63) is 29.3 Å². The van der Waals surface area contributed by atoms with E-state index in [1.807, 2.05) is 0 Å². The number of carbonyl (C=O) groups excluding carboxylic acids is 1. The minimum atomic E-state index is -0.647. The fourth-order valence-corrected chi connectivity index (χ4v) is 2.24. The number of aromatic hydroxyl groups is 1. The molecule has 0 atom stereocenters. The van der Waals surface area contributed by atoms with E-state index < -0.39 is 5.54 Å². The Morgan fingerprint density at radius 2 is 2.11 bits per heavy atom. The summed E-state index contributed by atoms with van der Waals surface area (Å²) in [4.78, 5) is 12.2. The molecule has 1 amide bonds. The molecule has 1 aromatic rings. The predicted molar refractivity (Wildman–Crippen MR) is 70.2 cm³/mol. The van der Waals surface area contributed by atoms with Gasteiger partial charge in [0.2, 0.25) is 0 Å². The third kappa shape index (κ3) is 2.88. The molecule has 0 bridgehead atoms. The molecule has 104 valence electrons. The van der Waals surface area contributed by atoms with Gasteiger partial charge in [-0.15, -0.1) is 0 Å². The van der Waals surface area contributed by atoms with E-state index in [-0.39, 0.29) is 23.8 Å². The number of rotatable bonds is 3. The minimum Gasteiger partial charge on any atom is -0.507 e. The van der Waals surface area contributed by atoms with Crippen molar-refractivity contribution in [3.63, 3.8) is 0 Å². The number of aliphatic hydroxyl groups is 1. The molecule has 5 heteroatoms. The number of nitrogens with one attached hydrogen (secondary N) is 1. The number of aliphatic hydroxyl groups excluding tert-OH is 1. The summed E-state index contributed by atoms with van der Waals surface area (Å²) in [6, 6.07) is 5.03. The molecule has 0 aliphatic carbocycles. The van der Waals surface area contributed by atoms with Gasteiger partial charge < -0.3 is 20.3 Å². The van der Waals surface area contributed by atoms with Crippen LogP contribution in [0, 0.1) is 6.92 Å². The van der Waals surface area contributed by atoms with Gasteiger partial charge in [0.25, 0.3) is 5.91 Å². The van der Waals surface area contributed by atoms with Crippen LogP contribution in [0.2, 0.25) is 0 Å². The maximum Gasteiger partial charge on any atom is 0.255 e. The monoisotopic (exact) mass is 265 g/mol. The molecule has 3 N–H and O–H groups in total. The van der Waals surface area contributed by atoms with E-state index in [1.165, 1.54) is 0 Å². The third-order valence-corrected chi connectivity index (χ3v) is 3.61. The Hall–Kier alpha value is -1.59. The second-order valence-electron chi connectivity index (χ2n) is 4.98. The number of phenolic OH excluding ortho intramolecular Hbond substituents is 1. The van der Waals surface area contributed by atoms with Crippen LogP contribution >= 0.6 is 0 Å². The van der Waals surface area contributed by atoms with Crippen LogP contribution in [0.1, 0.15) is 28.8 Å². The van der Waals surface area contributed by atoms with Crippen molar-refractivity contribution in [3.8, 4) is 5.75 Å². The SMILES string of the molecule is Cc1cccc(C(=O)NC2(CO)CCOCC2)c1O. The number of benzene rings is 1. The summed E-state index contributed by atoms with van der Waals surface area (Å²) in [5.41, 5.74) is 0.239. The summed E-state index contributed by atoms with van der Waals surface area (Å²) >= 11 is 0. The first-order valence-corrected chi connectivity index (χ1v) is 6.38. The van der Waals surface area contributed by atoms with Crippen molar-refractivity contribution in [1.82, 2.24) is 5.32 Å². The molecule has 5 nitrogen and oxygen atoms in total. The summed E-state index contributed by atoms with van der Waals surface area (Å²) < 4.78 is 5.24. The molecule has 1 aliphatic heterocycles. The van der Waals surface area contributed by atoms with Crippen LogP contribution in [0.4, 0.5) is 0 Å². The summed E-state index contributed by atoms with van der Waals surface area (Å²) in [6.07, 6.45) is 1.14. The van der Waals surface area contributed by atoms with Crippen molar-refractivity contribution < 1.29 is 19.7 Å². The molecule has 0 spiro atoms. The van der Waals surface area contributed by atoms with Crippen LogP contribution in [0.5, 0.6) is 5.75 Å². The van der Waals surface area contributed by atoms with Crippen LogP contribution in [0.3, 0.4) is 0 Å². The molecule has 0 unspecified atom stereocenters. The van der Waals surface area contributed by atoms with E-state index in [0.717, 1.165) is 0 Å². The number of phenols is 1. The fraction of sp³-hybridized carbons (Fsp3) is 0.500. The normalized spacial score (nSPS) is 18.0. The van der Waals surface area contributed by atoms with Crippen molar-refractivity contribution in [2.75, 3.05) is 19.8 Å². The van der Waals surface area contributed by atoms with Gasteiger partial charge in [-0.2, -0.15) is 0 Å². The van der Waals surface area contributed by atoms with Gasteiger partial charge in [-0.25, -0.2) is 0 Å². The molecular formula is C14H19NO4. The second-order valence-corrected chi connectivity index (χ2v) is 4.98. The van der Waals surface area contributed by atoms with E-state index in [1.54, 1.807) is 25.1 Å². The molecule has 1 aromatic carbocycles. The minimum absolute atomic E-state index is 0.0138. The zero-order valence-corrected chi connectivity index (χ0v) is 11.0. The number of carbonyl (C=O) groups is 1. The zero-order chi connectivity index (χ0) is 13.9. The van der Waals surface area contributed by atoms with Gasteiger partial charge in [0.05, 0.1) is 17.7 Å². The van der Waals surface area contributed by atoms with Crippen LogP contribution < -0.4 is 5.32 Å². The predicted octanol–water partition coefficient (Wildman–Crippen LogP) is 0.972. The quantitative estimate of drug-likeness (QED) is 0.761. The lowest BCUT2D eigenvalue weighted by Crippen LogP contribution is -2.54. The average Bonchev–Trinajstić information content (AvgIpc) is 2.42. The molecule has 19 heavy (non-hydrogen) atoms. The van der Waals surface area contributed by atoms with Gasteiger partial charge in [0, 0.05) is 13.2 Å². The van der Waals surface area contributed by atoms with Crippen LogP contribution in [-0.4, -0.2) is 41.5 Å². The molecule has 1 heterocycles. The lowest BCUT2D eigenvalue weighted by molar-refractivity contribution is 0.0125. The molecular weight excluding hydrogens is 246 g/mol. The lowest BCUT2D eigenvalue weighted by Gasteiger charge is -2.36. The fourth-order valence-electron chi connectivity index (χ4n) is 2.24. The zero-order valence-electron chi connectivity index (χ0n) is 11.0. The van der Waals surface area contributed by atoms with Crippen molar-refractivity contribution in [1.29, 1.82) is 0 Å². The molecule has 0 aromatic heterocycles. The first-order valence-electron chi connectivity index (χ1n) is 6.38.